The van der Waals surface area contributed by atoms with Crippen LogP contribution in [0.25, 0.3) is 0 Å². The molecule has 3 nitrogen and oxygen atoms in total. The number of ether oxygens (including phenoxy) is 1. The molecule has 2 rings (SSSR count). The van der Waals surface area contributed by atoms with Gasteiger partial charge in [0.25, 0.3) is 0 Å². The van der Waals surface area contributed by atoms with Crippen molar-refractivity contribution < 1.29 is 9.53 Å². The first-order valence-corrected chi connectivity index (χ1v) is 8.06. The van der Waals surface area contributed by atoms with E-state index in [4.69, 9.17) is 4.74 Å². The first-order valence-electron chi connectivity index (χ1n) is 8.06. The summed E-state index contributed by atoms with van der Waals surface area (Å²) in [6.45, 7) is 5.58. The summed E-state index contributed by atoms with van der Waals surface area (Å²) in [5, 5.41) is 0. The van der Waals surface area contributed by atoms with Crippen molar-refractivity contribution in [3.8, 4) is 0 Å². The predicted octanol–water partition coefficient (Wildman–Crippen LogP) is 3.18. The van der Waals surface area contributed by atoms with E-state index in [1.54, 1.807) is 7.11 Å². The molecule has 0 aliphatic carbocycles. The fourth-order valence-corrected chi connectivity index (χ4v) is 2.99. The van der Waals surface area contributed by atoms with Gasteiger partial charge in [0, 0.05) is 19.3 Å². The Morgan fingerprint density at radius 3 is 2.48 bits per heavy atom. The third-order valence-electron chi connectivity index (χ3n) is 4.29. The van der Waals surface area contributed by atoms with Gasteiger partial charge in [0.2, 0.25) is 0 Å². The largest absolute Gasteiger partial charge is 0.384 e. The maximum absolute atomic E-state index is 12.3. The van der Waals surface area contributed by atoms with Crippen LogP contribution in [0.4, 0.5) is 0 Å². The average molecular weight is 289 g/mol. The van der Waals surface area contributed by atoms with E-state index in [0.29, 0.717) is 12.5 Å². The number of methoxy groups -OCH3 is 1. The molecule has 0 saturated carbocycles. The molecular weight excluding hydrogens is 262 g/mol. The fraction of sp³-hybridized carbons (Fsp3) is 0.611. The normalized spacial score (nSPS) is 17.0. The van der Waals surface area contributed by atoms with Crippen LogP contribution in [-0.4, -0.2) is 44.0 Å². The van der Waals surface area contributed by atoms with Crippen LogP contribution < -0.4 is 0 Å². The summed E-state index contributed by atoms with van der Waals surface area (Å²) in [5.74, 6) is 0.901. The van der Waals surface area contributed by atoms with Gasteiger partial charge < -0.3 is 4.74 Å². The minimum absolute atomic E-state index is 0.239. The summed E-state index contributed by atoms with van der Waals surface area (Å²) >= 11 is 0. The summed E-state index contributed by atoms with van der Waals surface area (Å²) in [4.78, 5) is 14.6. The molecule has 1 aromatic rings. The molecule has 0 N–H and O–H groups in total. The number of carbonyl (C=O) groups is 1. The van der Waals surface area contributed by atoms with Crippen molar-refractivity contribution in [2.75, 3.05) is 33.4 Å². The Morgan fingerprint density at radius 1 is 1.24 bits per heavy atom. The van der Waals surface area contributed by atoms with Gasteiger partial charge >= 0.3 is 0 Å². The number of nitrogens with zero attached hydrogens (tertiary/aromatic N) is 1. The number of likely N-dealkylation sites (tertiary alicyclic amines) is 1. The average Bonchev–Trinajstić information content (AvgIpc) is 2.50. The van der Waals surface area contributed by atoms with Gasteiger partial charge in [-0.3, -0.25) is 9.69 Å². The molecule has 0 unspecified atom stereocenters. The molecule has 1 saturated heterocycles. The molecule has 21 heavy (non-hydrogen) atoms. The van der Waals surface area contributed by atoms with Crippen LogP contribution in [0.5, 0.6) is 0 Å². The molecule has 1 fully saturated rings. The van der Waals surface area contributed by atoms with Crippen molar-refractivity contribution in [3.05, 3.63) is 35.4 Å². The van der Waals surface area contributed by atoms with Gasteiger partial charge in [-0.25, -0.2) is 0 Å². The first-order chi connectivity index (χ1) is 10.2. The number of benzene rings is 1. The van der Waals surface area contributed by atoms with Crippen LogP contribution in [0.1, 0.15) is 42.1 Å². The first kappa shape index (κ1) is 16.2. The highest BCUT2D eigenvalue weighted by molar-refractivity contribution is 5.97. The Bertz CT molecular complexity index is 433. The van der Waals surface area contributed by atoms with E-state index < -0.39 is 0 Å². The summed E-state index contributed by atoms with van der Waals surface area (Å²) in [6.07, 6.45) is 4.50. The number of carbonyl (C=O) groups excluding carboxylic acids is 1. The van der Waals surface area contributed by atoms with Crippen molar-refractivity contribution in [1.29, 1.82) is 0 Å². The maximum Gasteiger partial charge on any atom is 0.176 e. The molecule has 1 aromatic carbocycles. The standard InChI is InChI=1S/C18H27NO2/c1-3-4-15-5-7-17(8-6-15)18(20)13-19-11-9-16(10-12-19)14-21-2/h5-8,16H,3-4,9-14H2,1-2H3. The Morgan fingerprint density at radius 2 is 1.90 bits per heavy atom. The third-order valence-corrected chi connectivity index (χ3v) is 4.29. The number of aryl methyl sites for hydroxylation is 1. The topological polar surface area (TPSA) is 29.5 Å². The Kier molecular flexibility index (Phi) is 6.40. The second-order valence-corrected chi connectivity index (χ2v) is 6.04. The van der Waals surface area contributed by atoms with E-state index in [1.807, 2.05) is 12.1 Å². The maximum atomic E-state index is 12.3. The van der Waals surface area contributed by atoms with Crippen molar-refractivity contribution in [2.45, 2.75) is 32.6 Å². The summed E-state index contributed by atoms with van der Waals surface area (Å²) in [7, 11) is 1.76. The van der Waals surface area contributed by atoms with Gasteiger partial charge in [0.15, 0.2) is 5.78 Å². The molecule has 0 bridgehead atoms. The number of ketones is 1. The summed E-state index contributed by atoms with van der Waals surface area (Å²) in [6, 6.07) is 8.12. The smallest absolute Gasteiger partial charge is 0.176 e. The lowest BCUT2D eigenvalue weighted by Crippen LogP contribution is -2.38. The SMILES string of the molecule is CCCc1ccc(C(=O)CN2CCC(COC)CC2)cc1. The van der Waals surface area contributed by atoms with Gasteiger partial charge in [-0.1, -0.05) is 37.6 Å². The molecule has 1 aliphatic heterocycles. The van der Waals surface area contributed by atoms with Gasteiger partial charge in [0.1, 0.15) is 0 Å². The number of Topliss-reactive ketones (excluding diaryl/α,β-unsaturated/α-hetero) is 1. The van der Waals surface area contributed by atoms with E-state index in [2.05, 4.69) is 24.0 Å². The minimum Gasteiger partial charge on any atom is -0.384 e. The molecule has 0 amide bonds. The zero-order chi connectivity index (χ0) is 15.1. The lowest BCUT2D eigenvalue weighted by Gasteiger charge is -2.31. The molecular formula is C18H27NO2. The lowest BCUT2D eigenvalue weighted by molar-refractivity contribution is 0.0810. The molecule has 0 atom stereocenters. The molecule has 1 aliphatic rings. The molecule has 0 spiro atoms. The Labute approximate surface area is 128 Å². The molecule has 1 heterocycles. The number of hydrogen-bond acceptors (Lipinski definition) is 3. The molecule has 0 aromatic heterocycles. The van der Waals surface area contributed by atoms with Crippen molar-refractivity contribution >= 4 is 5.78 Å². The van der Waals surface area contributed by atoms with Crippen molar-refractivity contribution in [3.63, 3.8) is 0 Å². The van der Waals surface area contributed by atoms with Crippen LogP contribution in [0.3, 0.4) is 0 Å². The lowest BCUT2D eigenvalue weighted by atomic mass is 9.97. The van der Waals surface area contributed by atoms with E-state index in [0.717, 1.165) is 50.9 Å². The van der Waals surface area contributed by atoms with Gasteiger partial charge in [-0.15, -0.1) is 0 Å². The van der Waals surface area contributed by atoms with Crippen molar-refractivity contribution in [2.24, 2.45) is 5.92 Å². The van der Waals surface area contributed by atoms with E-state index in [9.17, 15) is 4.79 Å². The zero-order valence-corrected chi connectivity index (χ0v) is 13.3. The van der Waals surface area contributed by atoms with Gasteiger partial charge in [-0.05, 0) is 43.8 Å². The Hall–Kier alpha value is -1.19. The number of rotatable bonds is 7. The fourth-order valence-electron chi connectivity index (χ4n) is 2.99. The molecule has 3 heteroatoms. The van der Waals surface area contributed by atoms with E-state index in [1.165, 1.54) is 5.56 Å². The minimum atomic E-state index is 0.239. The van der Waals surface area contributed by atoms with Crippen LogP contribution in [0, 0.1) is 5.92 Å². The van der Waals surface area contributed by atoms with E-state index >= 15 is 0 Å². The number of hydrogen-bond donors (Lipinski definition) is 0. The van der Waals surface area contributed by atoms with Gasteiger partial charge in [-0.2, -0.15) is 0 Å². The summed E-state index contributed by atoms with van der Waals surface area (Å²) < 4.78 is 5.21. The summed E-state index contributed by atoms with van der Waals surface area (Å²) in [5.41, 5.74) is 2.16. The van der Waals surface area contributed by atoms with Gasteiger partial charge in [0.05, 0.1) is 6.54 Å². The molecule has 116 valence electrons. The monoisotopic (exact) mass is 289 g/mol. The van der Waals surface area contributed by atoms with Crippen LogP contribution in [-0.2, 0) is 11.2 Å². The van der Waals surface area contributed by atoms with E-state index in [-0.39, 0.29) is 5.78 Å². The molecule has 0 radical (unpaired) electrons. The predicted molar refractivity (Wildman–Crippen MR) is 85.8 cm³/mol. The quantitative estimate of drug-likeness (QED) is 0.722. The van der Waals surface area contributed by atoms with Crippen molar-refractivity contribution in [1.82, 2.24) is 4.90 Å². The highest BCUT2D eigenvalue weighted by Crippen LogP contribution is 2.17. The zero-order valence-electron chi connectivity index (χ0n) is 13.3. The van der Waals surface area contributed by atoms with Crippen LogP contribution in [0.2, 0.25) is 0 Å². The highest BCUT2D eigenvalue weighted by Gasteiger charge is 2.21. The number of piperidine rings is 1. The van der Waals surface area contributed by atoms with Crippen LogP contribution >= 0.6 is 0 Å². The second kappa shape index (κ2) is 8.30. The second-order valence-electron chi connectivity index (χ2n) is 6.04. The Balaban J connectivity index is 1.81. The third kappa shape index (κ3) is 4.94. The highest BCUT2D eigenvalue weighted by atomic mass is 16.5. The van der Waals surface area contributed by atoms with Crippen LogP contribution in [0.15, 0.2) is 24.3 Å².